The molecule has 1 aliphatic heterocycles. The molecule has 6 heteroatoms. The molecule has 4 rings (SSSR count). The molecule has 1 atom stereocenters. The fourth-order valence-electron chi connectivity index (χ4n) is 4.09. The first-order valence-electron chi connectivity index (χ1n) is 10.1. The van der Waals surface area contributed by atoms with Crippen molar-refractivity contribution in [2.24, 2.45) is 5.41 Å². The maximum absolute atomic E-state index is 12.8. The Kier molecular flexibility index (Phi) is 5.93. The van der Waals surface area contributed by atoms with Gasteiger partial charge in [0.05, 0.1) is 17.2 Å². The summed E-state index contributed by atoms with van der Waals surface area (Å²) in [7, 11) is 1.73. The lowest BCUT2D eigenvalue weighted by atomic mass is 9.91. The second-order valence-electron chi connectivity index (χ2n) is 8.30. The van der Waals surface area contributed by atoms with Gasteiger partial charge in [-0.25, -0.2) is 4.98 Å². The third-order valence-electron chi connectivity index (χ3n) is 5.73. The number of nitrogens with one attached hydrogen (secondary N) is 1. The summed E-state index contributed by atoms with van der Waals surface area (Å²) >= 11 is 6.30. The molecule has 1 aliphatic rings. The van der Waals surface area contributed by atoms with Crippen LogP contribution >= 0.6 is 11.6 Å². The summed E-state index contributed by atoms with van der Waals surface area (Å²) in [5, 5.41) is 5.68. The van der Waals surface area contributed by atoms with Gasteiger partial charge in [0.25, 0.3) is 5.91 Å². The number of halogens is 1. The first-order chi connectivity index (χ1) is 14.5. The van der Waals surface area contributed by atoms with Crippen LogP contribution in [-0.2, 0) is 11.3 Å². The topological polar surface area (TPSA) is 54.5 Å². The zero-order chi connectivity index (χ0) is 21.1. The lowest BCUT2D eigenvalue weighted by molar-refractivity contribution is 0.0951. The highest BCUT2D eigenvalue weighted by atomic mass is 35.5. The number of hydrogen-bond donors (Lipinski definition) is 1. The number of fused-ring (bicyclic) bond motifs is 1. The number of amides is 1. The Morgan fingerprint density at radius 3 is 2.83 bits per heavy atom. The van der Waals surface area contributed by atoms with Crippen LogP contribution in [-0.4, -0.2) is 37.7 Å². The fraction of sp³-hybridized carbons (Fsp3) is 0.333. The van der Waals surface area contributed by atoms with Crippen LogP contribution in [0.2, 0.25) is 5.02 Å². The van der Waals surface area contributed by atoms with Crippen molar-refractivity contribution in [1.29, 1.82) is 0 Å². The molecule has 0 spiro atoms. The first kappa shape index (κ1) is 20.6. The van der Waals surface area contributed by atoms with Crippen molar-refractivity contribution in [3.05, 3.63) is 70.9 Å². The minimum absolute atomic E-state index is 0.0918. The monoisotopic (exact) mass is 423 g/mol. The van der Waals surface area contributed by atoms with E-state index < -0.39 is 0 Å². The van der Waals surface area contributed by atoms with E-state index >= 15 is 0 Å². The first-order valence-corrected chi connectivity index (χ1v) is 10.5. The van der Waals surface area contributed by atoms with E-state index in [1.807, 2.05) is 18.2 Å². The Bertz CT molecular complexity index is 1070. The molecule has 30 heavy (non-hydrogen) atoms. The number of pyridine rings is 1. The molecule has 1 unspecified atom stereocenters. The van der Waals surface area contributed by atoms with E-state index in [4.69, 9.17) is 16.3 Å². The van der Waals surface area contributed by atoms with Gasteiger partial charge in [0.2, 0.25) is 0 Å². The van der Waals surface area contributed by atoms with E-state index in [1.165, 1.54) is 5.39 Å². The molecule has 2 aromatic carbocycles. The van der Waals surface area contributed by atoms with Crippen LogP contribution in [0.3, 0.4) is 0 Å². The Hall–Kier alpha value is -2.63. The number of ether oxygens (including phenoxy) is 1. The zero-order valence-corrected chi connectivity index (χ0v) is 18.1. The third kappa shape index (κ3) is 4.42. The number of methoxy groups -OCH3 is 1. The second-order valence-corrected chi connectivity index (χ2v) is 8.71. The Morgan fingerprint density at radius 2 is 2.03 bits per heavy atom. The van der Waals surface area contributed by atoms with Gasteiger partial charge in [0.1, 0.15) is 5.82 Å². The van der Waals surface area contributed by atoms with Crippen molar-refractivity contribution < 1.29 is 9.53 Å². The van der Waals surface area contributed by atoms with Gasteiger partial charge in [-0.15, -0.1) is 0 Å². The number of carbonyl (C=O) groups excluding carboxylic acids is 1. The summed E-state index contributed by atoms with van der Waals surface area (Å²) < 4.78 is 5.36. The zero-order valence-electron chi connectivity index (χ0n) is 17.3. The minimum Gasteiger partial charge on any atom is -0.384 e. The molecule has 1 N–H and O–H groups in total. The predicted molar refractivity (Wildman–Crippen MR) is 121 cm³/mol. The van der Waals surface area contributed by atoms with Crippen LogP contribution in [0.15, 0.2) is 54.7 Å². The smallest absolute Gasteiger partial charge is 0.253 e. The molecule has 1 amide bonds. The number of carbonyl (C=O) groups is 1. The lowest BCUT2D eigenvalue weighted by Crippen LogP contribution is -2.29. The number of nitrogens with zero attached hydrogens (tertiary/aromatic N) is 2. The summed E-state index contributed by atoms with van der Waals surface area (Å²) in [6.45, 7) is 5.08. The van der Waals surface area contributed by atoms with Crippen molar-refractivity contribution in [3.63, 3.8) is 0 Å². The van der Waals surface area contributed by atoms with Gasteiger partial charge in [0, 0.05) is 38.4 Å². The summed E-state index contributed by atoms with van der Waals surface area (Å²) in [5.41, 5.74) is 1.58. The van der Waals surface area contributed by atoms with Crippen LogP contribution in [0.25, 0.3) is 10.8 Å². The third-order valence-corrected chi connectivity index (χ3v) is 6.03. The van der Waals surface area contributed by atoms with E-state index in [0.717, 1.165) is 36.3 Å². The maximum atomic E-state index is 12.8. The van der Waals surface area contributed by atoms with Crippen molar-refractivity contribution in [2.45, 2.75) is 19.9 Å². The SMILES string of the molecule is COCC1(C)CCN(c2cc(C(=O)NCc3ccc4ccccc4c3)c(Cl)cn2)C1. The Morgan fingerprint density at radius 1 is 1.23 bits per heavy atom. The maximum Gasteiger partial charge on any atom is 0.253 e. The Balaban J connectivity index is 1.46. The van der Waals surface area contributed by atoms with Crippen molar-refractivity contribution in [2.75, 3.05) is 31.7 Å². The average Bonchev–Trinajstić information content (AvgIpc) is 3.14. The van der Waals surface area contributed by atoms with Crippen molar-refractivity contribution in [1.82, 2.24) is 10.3 Å². The largest absolute Gasteiger partial charge is 0.384 e. The van der Waals surface area contributed by atoms with Gasteiger partial charge < -0.3 is 15.0 Å². The molecule has 3 aromatic rings. The number of anilines is 1. The van der Waals surface area contributed by atoms with Crippen LogP contribution in [0.1, 0.15) is 29.3 Å². The molecule has 1 fully saturated rings. The number of hydrogen-bond acceptors (Lipinski definition) is 4. The highest BCUT2D eigenvalue weighted by Gasteiger charge is 2.34. The molecule has 0 saturated carbocycles. The summed E-state index contributed by atoms with van der Waals surface area (Å²) in [6, 6.07) is 16.2. The van der Waals surface area contributed by atoms with E-state index in [2.05, 4.69) is 46.4 Å². The predicted octanol–water partition coefficient (Wildman–Crippen LogP) is 4.68. The highest BCUT2D eigenvalue weighted by molar-refractivity contribution is 6.33. The minimum atomic E-state index is -0.198. The standard InChI is InChI=1S/C24H26ClN3O2/c1-24(16-30-2)9-10-28(15-24)22-12-20(21(25)14-26-22)23(29)27-13-17-7-8-18-5-3-4-6-19(18)11-17/h3-8,11-12,14H,9-10,13,15-16H2,1-2H3,(H,27,29). The molecular weight excluding hydrogens is 398 g/mol. The van der Waals surface area contributed by atoms with Crippen LogP contribution in [0, 0.1) is 5.41 Å². The van der Waals surface area contributed by atoms with Crippen LogP contribution in [0.5, 0.6) is 0 Å². The molecule has 0 bridgehead atoms. The summed E-state index contributed by atoms with van der Waals surface area (Å²) in [6.07, 6.45) is 2.59. The number of benzene rings is 2. The van der Waals surface area contributed by atoms with Crippen LogP contribution < -0.4 is 10.2 Å². The molecule has 5 nitrogen and oxygen atoms in total. The van der Waals surface area contributed by atoms with E-state index in [9.17, 15) is 4.79 Å². The van der Waals surface area contributed by atoms with Crippen LogP contribution in [0.4, 0.5) is 5.82 Å². The van der Waals surface area contributed by atoms with Gasteiger partial charge >= 0.3 is 0 Å². The normalized spacial score (nSPS) is 18.7. The molecule has 1 saturated heterocycles. The van der Waals surface area contributed by atoms with E-state index in [0.29, 0.717) is 23.7 Å². The van der Waals surface area contributed by atoms with Gasteiger partial charge in [-0.3, -0.25) is 4.79 Å². The van der Waals surface area contributed by atoms with Gasteiger partial charge in [0.15, 0.2) is 0 Å². The lowest BCUT2D eigenvalue weighted by Gasteiger charge is -2.24. The fourth-order valence-corrected chi connectivity index (χ4v) is 4.28. The second kappa shape index (κ2) is 8.62. The van der Waals surface area contributed by atoms with E-state index in [1.54, 1.807) is 19.4 Å². The van der Waals surface area contributed by atoms with Gasteiger partial charge in [-0.2, -0.15) is 0 Å². The van der Waals surface area contributed by atoms with Crippen molar-refractivity contribution in [3.8, 4) is 0 Å². The quantitative estimate of drug-likeness (QED) is 0.625. The molecule has 1 aromatic heterocycles. The van der Waals surface area contributed by atoms with Gasteiger partial charge in [-0.05, 0) is 34.9 Å². The van der Waals surface area contributed by atoms with Gasteiger partial charge in [-0.1, -0.05) is 54.9 Å². The number of aromatic nitrogens is 1. The average molecular weight is 424 g/mol. The Labute approximate surface area is 182 Å². The highest BCUT2D eigenvalue weighted by Crippen LogP contribution is 2.33. The molecule has 156 valence electrons. The molecular formula is C24H26ClN3O2. The summed E-state index contributed by atoms with van der Waals surface area (Å²) in [5.74, 6) is 0.575. The molecule has 0 radical (unpaired) electrons. The summed E-state index contributed by atoms with van der Waals surface area (Å²) in [4.78, 5) is 19.5. The molecule has 0 aliphatic carbocycles. The van der Waals surface area contributed by atoms with E-state index in [-0.39, 0.29) is 11.3 Å². The number of rotatable bonds is 6. The molecule has 2 heterocycles. The van der Waals surface area contributed by atoms with Crippen molar-refractivity contribution >= 4 is 34.1 Å².